The van der Waals surface area contributed by atoms with Crippen molar-refractivity contribution in [2.45, 2.75) is 5.25 Å². The highest BCUT2D eigenvalue weighted by Gasteiger charge is 2.24. The van der Waals surface area contributed by atoms with E-state index in [0.717, 1.165) is 35.5 Å². The van der Waals surface area contributed by atoms with E-state index < -0.39 is 11.6 Å². The van der Waals surface area contributed by atoms with Gasteiger partial charge in [0.1, 0.15) is 11.6 Å². The maximum absolute atomic E-state index is 13.0. The highest BCUT2D eigenvalue weighted by molar-refractivity contribution is 8.07. The van der Waals surface area contributed by atoms with E-state index in [1.807, 2.05) is 0 Å². The first-order chi connectivity index (χ1) is 7.66. The number of ketones is 1. The van der Waals surface area contributed by atoms with Crippen LogP contribution in [0.5, 0.6) is 0 Å². The topological polar surface area (TPSA) is 17.1 Å². The molecule has 0 amide bonds. The number of hydrogen-bond acceptors (Lipinski definition) is 3. The maximum atomic E-state index is 13.0. The lowest BCUT2D eigenvalue weighted by Gasteiger charge is -2.19. The Hall–Kier alpha value is -0.550. The molecule has 1 aliphatic heterocycles. The van der Waals surface area contributed by atoms with Crippen LogP contribution in [0.25, 0.3) is 0 Å². The average molecular weight is 260 g/mol. The molecule has 1 nitrogen and oxygen atoms in total. The highest BCUT2D eigenvalue weighted by Crippen LogP contribution is 2.27. The van der Waals surface area contributed by atoms with Gasteiger partial charge < -0.3 is 0 Å². The second-order valence-electron chi connectivity index (χ2n) is 3.46. The van der Waals surface area contributed by atoms with Gasteiger partial charge in [-0.1, -0.05) is 0 Å². The molecule has 16 heavy (non-hydrogen) atoms. The molecule has 2 rings (SSSR count). The predicted octanol–water partition coefficient (Wildman–Crippen LogP) is 3.00. The molecule has 1 unspecified atom stereocenters. The number of thioether (sulfide) groups is 2. The minimum Gasteiger partial charge on any atom is -0.293 e. The van der Waals surface area contributed by atoms with Crippen molar-refractivity contribution in [3.63, 3.8) is 0 Å². The summed E-state index contributed by atoms with van der Waals surface area (Å²) < 4.78 is 25.9. The van der Waals surface area contributed by atoms with Gasteiger partial charge in [-0.25, -0.2) is 8.78 Å². The van der Waals surface area contributed by atoms with Crippen LogP contribution in [0.4, 0.5) is 8.78 Å². The summed E-state index contributed by atoms with van der Waals surface area (Å²) in [6, 6.07) is 2.98. The molecule has 0 spiro atoms. The zero-order valence-electron chi connectivity index (χ0n) is 8.41. The van der Waals surface area contributed by atoms with Crippen LogP contribution in [0.2, 0.25) is 0 Å². The Morgan fingerprint density at radius 1 is 1.19 bits per heavy atom. The van der Waals surface area contributed by atoms with Crippen molar-refractivity contribution in [3.05, 3.63) is 35.4 Å². The number of benzene rings is 1. The van der Waals surface area contributed by atoms with Crippen LogP contribution in [0.3, 0.4) is 0 Å². The number of carbonyl (C=O) groups excluding carboxylic acids is 1. The van der Waals surface area contributed by atoms with Crippen molar-refractivity contribution >= 4 is 29.3 Å². The number of halogens is 2. The molecule has 1 aromatic carbocycles. The number of Topliss-reactive ketones (excluding diaryl/α,β-unsaturated/α-hetero) is 1. The fourth-order valence-electron chi connectivity index (χ4n) is 1.52. The van der Waals surface area contributed by atoms with E-state index in [0.29, 0.717) is 0 Å². The molecule has 0 radical (unpaired) electrons. The van der Waals surface area contributed by atoms with Gasteiger partial charge in [-0.15, -0.1) is 11.8 Å². The molecular weight excluding hydrogens is 250 g/mol. The predicted molar refractivity (Wildman–Crippen MR) is 64.3 cm³/mol. The molecule has 0 aromatic heterocycles. The SMILES string of the molecule is O=C(c1cc(F)cc(F)c1)C1CSCCS1. The lowest BCUT2D eigenvalue weighted by molar-refractivity contribution is 0.0994. The van der Waals surface area contributed by atoms with Gasteiger partial charge in [-0.3, -0.25) is 4.79 Å². The first-order valence-corrected chi connectivity index (χ1v) is 7.07. The van der Waals surface area contributed by atoms with Gasteiger partial charge in [0.05, 0.1) is 5.25 Å². The Labute approximate surface area is 101 Å². The fraction of sp³-hybridized carbons (Fsp3) is 0.364. The van der Waals surface area contributed by atoms with Gasteiger partial charge in [0, 0.05) is 28.9 Å². The Balaban J connectivity index is 2.19. The van der Waals surface area contributed by atoms with Gasteiger partial charge >= 0.3 is 0 Å². The highest BCUT2D eigenvalue weighted by atomic mass is 32.2. The first kappa shape index (κ1) is 11.9. The minimum atomic E-state index is -0.697. The van der Waals surface area contributed by atoms with Crippen molar-refractivity contribution < 1.29 is 13.6 Å². The van der Waals surface area contributed by atoms with E-state index in [-0.39, 0.29) is 16.6 Å². The standard InChI is InChI=1S/C11H10F2OS2/c12-8-3-7(4-9(13)5-8)11(14)10-6-15-1-2-16-10/h3-5,10H,1-2,6H2. The first-order valence-electron chi connectivity index (χ1n) is 4.86. The third-order valence-electron chi connectivity index (χ3n) is 2.26. The van der Waals surface area contributed by atoms with Crippen LogP contribution in [0.15, 0.2) is 18.2 Å². The van der Waals surface area contributed by atoms with E-state index in [2.05, 4.69) is 0 Å². The molecule has 86 valence electrons. The molecule has 5 heteroatoms. The fourth-order valence-corrected chi connectivity index (χ4v) is 4.16. The average Bonchev–Trinajstić information content (AvgIpc) is 2.28. The van der Waals surface area contributed by atoms with Crippen LogP contribution in [0, 0.1) is 11.6 Å². The molecule has 0 saturated carbocycles. The lowest BCUT2D eigenvalue weighted by atomic mass is 10.1. The van der Waals surface area contributed by atoms with Gasteiger partial charge in [0.2, 0.25) is 0 Å². The van der Waals surface area contributed by atoms with Gasteiger partial charge in [-0.2, -0.15) is 11.8 Å². The molecule has 1 saturated heterocycles. The van der Waals surface area contributed by atoms with Crippen molar-refractivity contribution in [1.29, 1.82) is 0 Å². The minimum absolute atomic E-state index is 0.137. The molecule has 1 aromatic rings. The summed E-state index contributed by atoms with van der Waals surface area (Å²) in [7, 11) is 0. The summed E-state index contributed by atoms with van der Waals surface area (Å²) in [5.74, 6) is 1.11. The Morgan fingerprint density at radius 3 is 2.44 bits per heavy atom. The zero-order valence-corrected chi connectivity index (χ0v) is 10.0. The molecule has 0 bridgehead atoms. The Morgan fingerprint density at radius 2 is 1.88 bits per heavy atom. The van der Waals surface area contributed by atoms with E-state index in [1.54, 1.807) is 23.5 Å². The summed E-state index contributed by atoms with van der Waals surface area (Å²) >= 11 is 3.27. The number of carbonyl (C=O) groups is 1. The van der Waals surface area contributed by atoms with Crippen molar-refractivity contribution in [3.8, 4) is 0 Å². The van der Waals surface area contributed by atoms with E-state index in [4.69, 9.17) is 0 Å². The van der Waals surface area contributed by atoms with Crippen molar-refractivity contribution in [2.24, 2.45) is 0 Å². The Kier molecular flexibility index (Phi) is 3.86. The molecule has 1 fully saturated rings. The molecule has 0 aliphatic carbocycles. The zero-order chi connectivity index (χ0) is 11.5. The van der Waals surface area contributed by atoms with Gasteiger partial charge in [0.15, 0.2) is 5.78 Å². The largest absolute Gasteiger partial charge is 0.293 e. The number of rotatable bonds is 2. The van der Waals surface area contributed by atoms with Crippen LogP contribution in [-0.4, -0.2) is 28.3 Å². The van der Waals surface area contributed by atoms with E-state index >= 15 is 0 Å². The molecule has 1 atom stereocenters. The summed E-state index contributed by atoms with van der Waals surface area (Å²) in [6.45, 7) is 0. The summed E-state index contributed by atoms with van der Waals surface area (Å²) in [5.41, 5.74) is 0.137. The van der Waals surface area contributed by atoms with Crippen LogP contribution in [0.1, 0.15) is 10.4 Å². The summed E-state index contributed by atoms with van der Waals surface area (Å²) in [6.07, 6.45) is 0. The monoisotopic (exact) mass is 260 g/mol. The van der Waals surface area contributed by atoms with Gasteiger partial charge in [0.25, 0.3) is 0 Å². The summed E-state index contributed by atoms with van der Waals surface area (Å²) in [4.78, 5) is 11.9. The van der Waals surface area contributed by atoms with E-state index in [1.165, 1.54) is 0 Å². The lowest BCUT2D eigenvalue weighted by Crippen LogP contribution is -2.24. The third-order valence-corrected chi connectivity index (χ3v) is 5.01. The van der Waals surface area contributed by atoms with Crippen molar-refractivity contribution in [1.82, 2.24) is 0 Å². The normalized spacial score (nSPS) is 20.8. The van der Waals surface area contributed by atoms with Crippen LogP contribution >= 0.6 is 23.5 Å². The second kappa shape index (κ2) is 5.19. The quantitative estimate of drug-likeness (QED) is 0.761. The van der Waals surface area contributed by atoms with Crippen molar-refractivity contribution in [2.75, 3.05) is 17.3 Å². The van der Waals surface area contributed by atoms with Crippen LogP contribution < -0.4 is 0 Å². The van der Waals surface area contributed by atoms with E-state index in [9.17, 15) is 13.6 Å². The maximum Gasteiger partial charge on any atom is 0.176 e. The van der Waals surface area contributed by atoms with Gasteiger partial charge in [-0.05, 0) is 12.1 Å². The second-order valence-corrected chi connectivity index (χ2v) is 5.92. The number of hydrogen-bond donors (Lipinski definition) is 0. The molecular formula is C11H10F2OS2. The van der Waals surface area contributed by atoms with Crippen LogP contribution in [-0.2, 0) is 0 Å². The Bertz CT molecular complexity index is 383. The smallest absolute Gasteiger partial charge is 0.176 e. The molecule has 1 heterocycles. The third kappa shape index (κ3) is 2.77. The summed E-state index contributed by atoms with van der Waals surface area (Å²) in [5, 5.41) is -0.167. The molecule has 1 aliphatic rings. The molecule has 0 N–H and O–H groups in total.